The SMILES string of the molecule is C[SiH](C)OC(CCCCCCCCCN)C(C)(C)C. The van der Waals surface area contributed by atoms with Gasteiger partial charge in [-0.3, -0.25) is 0 Å². The fourth-order valence-corrected chi connectivity index (χ4v) is 3.59. The summed E-state index contributed by atoms with van der Waals surface area (Å²) in [5.41, 5.74) is 5.78. The van der Waals surface area contributed by atoms with Gasteiger partial charge in [-0.25, -0.2) is 0 Å². The Labute approximate surface area is 123 Å². The highest BCUT2D eigenvalue weighted by atomic mass is 28.3. The minimum absolute atomic E-state index is 0.290. The van der Waals surface area contributed by atoms with Crippen molar-refractivity contribution in [1.82, 2.24) is 0 Å². The molecule has 0 aromatic rings. The molecule has 2 N–H and O–H groups in total. The van der Waals surface area contributed by atoms with E-state index in [4.69, 9.17) is 10.2 Å². The van der Waals surface area contributed by atoms with Gasteiger partial charge in [0, 0.05) is 6.10 Å². The van der Waals surface area contributed by atoms with Gasteiger partial charge in [-0.15, -0.1) is 0 Å². The highest BCUT2D eigenvalue weighted by Gasteiger charge is 2.25. The van der Waals surface area contributed by atoms with Crippen molar-refractivity contribution >= 4 is 9.04 Å². The monoisotopic (exact) mass is 287 g/mol. The molecular formula is C16H37NOSi. The third-order valence-corrected chi connectivity index (χ3v) is 4.45. The molecule has 0 aliphatic carbocycles. The van der Waals surface area contributed by atoms with Gasteiger partial charge in [-0.1, -0.05) is 59.3 Å². The van der Waals surface area contributed by atoms with Gasteiger partial charge in [-0.05, 0) is 37.9 Å². The van der Waals surface area contributed by atoms with Crippen LogP contribution in [-0.4, -0.2) is 21.7 Å². The van der Waals surface area contributed by atoms with Crippen molar-refractivity contribution in [2.24, 2.45) is 11.1 Å². The molecule has 0 radical (unpaired) electrons. The molecule has 0 bridgehead atoms. The molecule has 2 nitrogen and oxygen atoms in total. The largest absolute Gasteiger partial charge is 0.417 e. The van der Waals surface area contributed by atoms with Crippen LogP contribution in [0.4, 0.5) is 0 Å². The van der Waals surface area contributed by atoms with Crippen LogP contribution in [0.25, 0.3) is 0 Å². The van der Waals surface area contributed by atoms with Gasteiger partial charge in [0.2, 0.25) is 0 Å². The zero-order valence-corrected chi connectivity index (χ0v) is 15.2. The van der Waals surface area contributed by atoms with Gasteiger partial charge in [0.15, 0.2) is 9.04 Å². The molecule has 3 heteroatoms. The highest BCUT2D eigenvalue weighted by Crippen LogP contribution is 2.27. The third-order valence-electron chi connectivity index (χ3n) is 3.57. The summed E-state index contributed by atoms with van der Waals surface area (Å²) in [6, 6.07) is 0. The predicted octanol–water partition coefficient (Wildman–Crippen LogP) is 4.48. The lowest BCUT2D eigenvalue weighted by atomic mass is 9.86. The average Bonchev–Trinajstić information content (AvgIpc) is 2.29. The van der Waals surface area contributed by atoms with Crippen molar-refractivity contribution in [1.29, 1.82) is 0 Å². The first-order chi connectivity index (χ1) is 8.88. The van der Waals surface area contributed by atoms with E-state index in [1.54, 1.807) is 0 Å². The highest BCUT2D eigenvalue weighted by molar-refractivity contribution is 6.48. The van der Waals surface area contributed by atoms with Crippen molar-refractivity contribution in [2.45, 2.75) is 91.3 Å². The molecule has 0 spiro atoms. The summed E-state index contributed by atoms with van der Waals surface area (Å²) in [6.45, 7) is 12.3. The number of nitrogens with two attached hydrogens (primary N) is 1. The lowest BCUT2D eigenvalue weighted by Crippen LogP contribution is -2.33. The molecule has 0 fully saturated rings. The standard InChI is InChI=1S/C16H37NOSi/c1-16(2,3)15(18-19(4)5)13-11-9-7-6-8-10-12-14-17/h15,19H,6-14,17H2,1-5H3. The van der Waals surface area contributed by atoms with E-state index in [0.717, 1.165) is 6.54 Å². The predicted molar refractivity (Wildman–Crippen MR) is 89.2 cm³/mol. The second kappa shape index (κ2) is 10.9. The first-order valence-corrected chi connectivity index (χ1v) is 11.0. The van der Waals surface area contributed by atoms with Crippen LogP contribution in [0, 0.1) is 5.41 Å². The first kappa shape index (κ1) is 19.1. The van der Waals surface area contributed by atoms with E-state index >= 15 is 0 Å². The van der Waals surface area contributed by atoms with Crippen molar-refractivity contribution in [2.75, 3.05) is 6.54 Å². The van der Waals surface area contributed by atoms with E-state index in [9.17, 15) is 0 Å². The molecule has 0 heterocycles. The Morgan fingerprint density at radius 1 is 0.895 bits per heavy atom. The van der Waals surface area contributed by atoms with Crippen LogP contribution in [0.2, 0.25) is 13.1 Å². The van der Waals surface area contributed by atoms with Crippen LogP contribution >= 0.6 is 0 Å². The number of hydrogen-bond acceptors (Lipinski definition) is 2. The Morgan fingerprint density at radius 3 is 1.79 bits per heavy atom. The summed E-state index contributed by atoms with van der Waals surface area (Å²) in [6.07, 6.45) is 11.0. The molecule has 116 valence electrons. The van der Waals surface area contributed by atoms with Crippen LogP contribution in [0.3, 0.4) is 0 Å². The lowest BCUT2D eigenvalue weighted by molar-refractivity contribution is 0.0759. The molecule has 19 heavy (non-hydrogen) atoms. The summed E-state index contributed by atoms with van der Waals surface area (Å²) < 4.78 is 6.20. The van der Waals surface area contributed by atoms with E-state index in [-0.39, 0.29) is 0 Å². The zero-order chi connectivity index (χ0) is 14.7. The minimum Gasteiger partial charge on any atom is -0.417 e. The Morgan fingerprint density at radius 2 is 1.37 bits per heavy atom. The van der Waals surface area contributed by atoms with Crippen LogP contribution in [0.5, 0.6) is 0 Å². The van der Waals surface area contributed by atoms with Crippen molar-refractivity contribution in [3.63, 3.8) is 0 Å². The first-order valence-electron chi connectivity index (χ1n) is 8.23. The quantitative estimate of drug-likeness (QED) is 0.449. The van der Waals surface area contributed by atoms with Crippen molar-refractivity contribution < 1.29 is 4.43 Å². The van der Waals surface area contributed by atoms with Gasteiger partial charge in [0.1, 0.15) is 0 Å². The minimum atomic E-state index is -0.918. The molecule has 0 rings (SSSR count). The fourth-order valence-electron chi connectivity index (χ4n) is 2.39. The van der Waals surface area contributed by atoms with E-state index in [2.05, 4.69) is 33.9 Å². The number of hydrogen-bond donors (Lipinski definition) is 1. The number of rotatable bonds is 11. The molecule has 1 unspecified atom stereocenters. The van der Waals surface area contributed by atoms with Gasteiger partial charge in [0.05, 0.1) is 0 Å². The second-order valence-electron chi connectivity index (χ2n) is 7.09. The smallest absolute Gasteiger partial charge is 0.171 e. The summed E-state index contributed by atoms with van der Waals surface area (Å²) >= 11 is 0. The summed E-state index contributed by atoms with van der Waals surface area (Å²) in [5.74, 6) is 0. The molecule has 0 aliphatic heterocycles. The maximum absolute atomic E-state index is 6.20. The average molecular weight is 288 g/mol. The summed E-state index contributed by atoms with van der Waals surface area (Å²) in [7, 11) is -0.918. The maximum atomic E-state index is 6.20. The van der Waals surface area contributed by atoms with Gasteiger partial charge >= 0.3 is 0 Å². The van der Waals surface area contributed by atoms with Crippen molar-refractivity contribution in [3.8, 4) is 0 Å². The second-order valence-corrected chi connectivity index (χ2v) is 9.46. The summed E-state index contributed by atoms with van der Waals surface area (Å²) in [4.78, 5) is 0. The molecule has 0 amide bonds. The van der Waals surface area contributed by atoms with E-state index in [0.29, 0.717) is 11.5 Å². The molecule has 1 atom stereocenters. The van der Waals surface area contributed by atoms with Crippen LogP contribution in [0.1, 0.15) is 72.1 Å². The van der Waals surface area contributed by atoms with Crippen molar-refractivity contribution in [3.05, 3.63) is 0 Å². The van der Waals surface area contributed by atoms with Crippen LogP contribution in [0.15, 0.2) is 0 Å². The molecule has 0 aliphatic rings. The Hall–Kier alpha value is 0.137. The molecule has 0 aromatic carbocycles. The summed E-state index contributed by atoms with van der Waals surface area (Å²) in [5, 5.41) is 0. The van der Waals surface area contributed by atoms with E-state index in [1.807, 2.05) is 0 Å². The van der Waals surface area contributed by atoms with Gasteiger partial charge < -0.3 is 10.2 Å². The number of unbranched alkanes of at least 4 members (excludes halogenated alkanes) is 6. The van der Waals surface area contributed by atoms with Gasteiger partial charge in [0.25, 0.3) is 0 Å². The van der Waals surface area contributed by atoms with Gasteiger partial charge in [-0.2, -0.15) is 0 Å². The normalized spacial score (nSPS) is 14.1. The third kappa shape index (κ3) is 11.6. The van der Waals surface area contributed by atoms with Crippen LogP contribution in [-0.2, 0) is 4.43 Å². The molecule has 0 saturated heterocycles. The van der Waals surface area contributed by atoms with Crippen LogP contribution < -0.4 is 5.73 Å². The Bertz CT molecular complexity index is 201. The lowest BCUT2D eigenvalue weighted by Gasteiger charge is -2.32. The molecule has 0 aromatic heterocycles. The van der Waals surface area contributed by atoms with E-state index < -0.39 is 9.04 Å². The molecular weight excluding hydrogens is 250 g/mol. The molecule has 0 saturated carbocycles. The fraction of sp³-hybridized carbons (Fsp3) is 1.00. The Kier molecular flexibility index (Phi) is 10.9. The zero-order valence-electron chi connectivity index (χ0n) is 14.0. The Balaban J connectivity index is 3.64. The topological polar surface area (TPSA) is 35.2 Å². The van der Waals surface area contributed by atoms with E-state index in [1.165, 1.54) is 51.4 Å². The maximum Gasteiger partial charge on any atom is 0.171 e.